The lowest BCUT2D eigenvalue weighted by Gasteiger charge is -2.18. The van der Waals surface area contributed by atoms with Gasteiger partial charge in [-0.1, -0.05) is 0 Å². The van der Waals surface area contributed by atoms with E-state index in [0.29, 0.717) is 5.69 Å². The van der Waals surface area contributed by atoms with E-state index < -0.39 is 11.5 Å². The number of rotatable bonds is 2. The van der Waals surface area contributed by atoms with E-state index in [9.17, 15) is 4.79 Å². The highest BCUT2D eigenvalue weighted by molar-refractivity contribution is 9.10. The second-order valence-electron chi connectivity index (χ2n) is 3.33. The molecule has 0 radical (unpaired) electrons. The summed E-state index contributed by atoms with van der Waals surface area (Å²) in [6, 6.07) is 1.66. The van der Waals surface area contributed by atoms with Gasteiger partial charge in [0.15, 0.2) is 5.54 Å². The zero-order valence-electron chi connectivity index (χ0n) is 7.91. The number of carboxylic acids is 1. The highest BCUT2D eigenvalue weighted by Gasteiger charge is 2.31. The average molecular weight is 259 g/mol. The van der Waals surface area contributed by atoms with Crippen LogP contribution in [0.4, 0.5) is 0 Å². The normalized spacial score (nSPS) is 14.9. The minimum Gasteiger partial charge on any atom is -0.480 e. The molecule has 5 heteroatoms. The highest BCUT2D eigenvalue weighted by atomic mass is 79.9. The largest absolute Gasteiger partial charge is 0.480 e. The molecule has 1 aromatic rings. The number of aromatic nitrogens is 1. The molecule has 1 aromatic heterocycles. The first-order chi connectivity index (χ1) is 6.35. The van der Waals surface area contributed by atoms with Gasteiger partial charge in [-0.25, -0.2) is 4.79 Å². The molecule has 14 heavy (non-hydrogen) atoms. The first kappa shape index (κ1) is 11.1. The van der Waals surface area contributed by atoms with E-state index in [1.54, 1.807) is 12.3 Å². The van der Waals surface area contributed by atoms with Gasteiger partial charge < -0.3 is 10.8 Å². The van der Waals surface area contributed by atoms with Gasteiger partial charge in [-0.05, 0) is 41.4 Å². The smallest absolute Gasteiger partial charge is 0.329 e. The number of halogens is 1. The molecule has 0 bridgehead atoms. The van der Waals surface area contributed by atoms with Crippen molar-refractivity contribution in [3.05, 3.63) is 28.0 Å². The summed E-state index contributed by atoms with van der Waals surface area (Å²) in [4.78, 5) is 14.8. The van der Waals surface area contributed by atoms with Gasteiger partial charge >= 0.3 is 5.97 Å². The molecule has 0 aliphatic heterocycles. The van der Waals surface area contributed by atoms with Gasteiger partial charge in [-0.2, -0.15) is 0 Å². The molecule has 0 unspecified atom stereocenters. The number of carbonyl (C=O) groups is 1. The van der Waals surface area contributed by atoms with Gasteiger partial charge in [0.25, 0.3) is 0 Å². The second kappa shape index (κ2) is 3.67. The van der Waals surface area contributed by atoms with Gasteiger partial charge in [-0.15, -0.1) is 0 Å². The fourth-order valence-electron chi connectivity index (χ4n) is 0.933. The Morgan fingerprint density at radius 3 is 2.71 bits per heavy atom. The van der Waals surface area contributed by atoms with E-state index in [0.717, 1.165) is 10.0 Å². The molecule has 1 rings (SSSR count). The summed E-state index contributed by atoms with van der Waals surface area (Å²) in [7, 11) is 0. The topological polar surface area (TPSA) is 76.2 Å². The number of carboxylic acid groups (broad SMARTS) is 1. The third-order valence-corrected chi connectivity index (χ3v) is 2.85. The molecule has 1 heterocycles. The van der Waals surface area contributed by atoms with Gasteiger partial charge in [-0.3, -0.25) is 4.98 Å². The number of aliphatic carboxylic acids is 1. The number of nitrogens with zero attached hydrogens (tertiary/aromatic N) is 1. The van der Waals surface area contributed by atoms with Crippen molar-refractivity contribution in [3.8, 4) is 0 Å². The van der Waals surface area contributed by atoms with E-state index in [-0.39, 0.29) is 0 Å². The van der Waals surface area contributed by atoms with Crippen LogP contribution in [0.25, 0.3) is 0 Å². The number of pyridine rings is 1. The summed E-state index contributed by atoms with van der Waals surface area (Å²) in [5, 5.41) is 8.88. The fourth-order valence-corrected chi connectivity index (χ4v) is 1.15. The van der Waals surface area contributed by atoms with Crippen LogP contribution in [-0.2, 0) is 10.3 Å². The predicted octanol–water partition coefficient (Wildman–Crippen LogP) is 1.41. The van der Waals surface area contributed by atoms with Crippen LogP contribution >= 0.6 is 15.9 Å². The van der Waals surface area contributed by atoms with Crippen molar-refractivity contribution in [2.75, 3.05) is 0 Å². The van der Waals surface area contributed by atoms with Crippen molar-refractivity contribution in [1.29, 1.82) is 0 Å². The molecule has 1 atom stereocenters. The Morgan fingerprint density at radius 2 is 2.29 bits per heavy atom. The number of aryl methyl sites for hydroxylation is 1. The molecule has 76 valence electrons. The van der Waals surface area contributed by atoms with Crippen molar-refractivity contribution in [2.45, 2.75) is 19.4 Å². The van der Waals surface area contributed by atoms with E-state index in [1.807, 2.05) is 6.92 Å². The van der Waals surface area contributed by atoms with Gasteiger partial charge in [0, 0.05) is 10.7 Å². The maximum Gasteiger partial charge on any atom is 0.329 e. The lowest BCUT2D eigenvalue weighted by atomic mass is 9.98. The molecular weight excluding hydrogens is 248 g/mol. The number of hydrogen-bond donors (Lipinski definition) is 2. The number of nitrogens with two attached hydrogens (primary N) is 1. The second-order valence-corrected chi connectivity index (χ2v) is 4.18. The molecule has 0 amide bonds. The van der Waals surface area contributed by atoms with Crippen LogP contribution in [0.5, 0.6) is 0 Å². The Morgan fingerprint density at radius 1 is 1.71 bits per heavy atom. The predicted molar refractivity (Wildman–Crippen MR) is 55.8 cm³/mol. The van der Waals surface area contributed by atoms with Crippen molar-refractivity contribution in [1.82, 2.24) is 4.98 Å². The fraction of sp³-hybridized carbons (Fsp3) is 0.333. The van der Waals surface area contributed by atoms with E-state index in [4.69, 9.17) is 10.8 Å². The molecule has 0 fully saturated rings. The zero-order chi connectivity index (χ0) is 10.9. The minimum atomic E-state index is -1.44. The van der Waals surface area contributed by atoms with Crippen LogP contribution in [0.2, 0.25) is 0 Å². The van der Waals surface area contributed by atoms with Gasteiger partial charge in [0.2, 0.25) is 0 Å². The van der Waals surface area contributed by atoms with Crippen molar-refractivity contribution in [2.24, 2.45) is 5.73 Å². The maximum atomic E-state index is 10.8. The van der Waals surface area contributed by atoms with E-state index >= 15 is 0 Å². The van der Waals surface area contributed by atoms with Gasteiger partial charge in [0.05, 0.1) is 5.69 Å². The highest BCUT2D eigenvalue weighted by Crippen LogP contribution is 2.21. The Labute approximate surface area is 90.3 Å². The van der Waals surface area contributed by atoms with Crippen molar-refractivity contribution >= 4 is 21.9 Å². The molecule has 0 aromatic carbocycles. The maximum absolute atomic E-state index is 10.8. The molecule has 0 saturated carbocycles. The molecular formula is C9H11BrN2O2. The molecule has 0 saturated heterocycles. The van der Waals surface area contributed by atoms with Crippen LogP contribution in [0.1, 0.15) is 18.2 Å². The Balaban J connectivity index is 3.21. The third kappa shape index (κ3) is 1.93. The average Bonchev–Trinajstić information content (AvgIpc) is 2.09. The summed E-state index contributed by atoms with van der Waals surface area (Å²) >= 11 is 3.28. The van der Waals surface area contributed by atoms with E-state index in [2.05, 4.69) is 20.9 Å². The lowest BCUT2D eigenvalue weighted by molar-refractivity contribution is -0.143. The summed E-state index contributed by atoms with van der Waals surface area (Å²) in [5.74, 6) is -1.09. The van der Waals surface area contributed by atoms with Crippen LogP contribution in [0.15, 0.2) is 16.7 Å². The number of hydrogen-bond acceptors (Lipinski definition) is 3. The molecule has 3 N–H and O–H groups in total. The Kier molecular flexibility index (Phi) is 2.92. The van der Waals surface area contributed by atoms with Crippen molar-refractivity contribution < 1.29 is 9.90 Å². The third-order valence-electron chi connectivity index (χ3n) is 2.02. The Bertz CT molecular complexity index is 377. The standard InChI is InChI=1S/C9H11BrN2O2/c1-5-3-7(12-4-6(5)10)9(2,11)8(13)14/h3-4H,11H2,1-2H3,(H,13,14)/t9-/m0/s1. The molecule has 0 spiro atoms. The first-order valence-electron chi connectivity index (χ1n) is 4.00. The zero-order valence-corrected chi connectivity index (χ0v) is 9.50. The molecule has 0 aliphatic rings. The van der Waals surface area contributed by atoms with Crippen LogP contribution < -0.4 is 5.73 Å². The summed E-state index contributed by atoms with van der Waals surface area (Å²) in [5.41, 5.74) is 5.45. The summed E-state index contributed by atoms with van der Waals surface area (Å²) in [6.45, 7) is 3.28. The van der Waals surface area contributed by atoms with Gasteiger partial charge in [0.1, 0.15) is 0 Å². The summed E-state index contributed by atoms with van der Waals surface area (Å²) < 4.78 is 0.836. The van der Waals surface area contributed by atoms with Crippen LogP contribution in [-0.4, -0.2) is 16.1 Å². The van der Waals surface area contributed by atoms with Crippen LogP contribution in [0, 0.1) is 6.92 Å². The monoisotopic (exact) mass is 258 g/mol. The molecule has 0 aliphatic carbocycles. The van der Waals surface area contributed by atoms with Crippen LogP contribution in [0.3, 0.4) is 0 Å². The first-order valence-corrected chi connectivity index (χ1v) is 4.80. The quantitative estimate of drug-likeness (QED) is 0.841. The van der Waals surface area contributed by atoms with Crippen molar-refractivity contribution in [3.63, 3.8) is 0 Å². The minimum absolute atomic E-state index is 0.353. The van der Waals surface area contributed by atoms with E-state index in [1.165, 1.54) is 6.92 Å². The Hall–Kier alpha value is -0.940. The molecule has 4 nitrogen and oxygen atoms in total. The summed E-state index contributed by atoms with van der Waals surface area (Å²) in [6.07, 6.45) is 1.55. The SMILES string of the molecule is Cc1cc([C@](C)(N)C(=O)O)ncc1Br. The lowest BCUT2D eigenvalue weighted by Crippen LogP contribution is -2.42.